The van der Waals surface area contributed by atoms with E-state index in [-0.39, 0.29) is 23.0 Å². The van der Waals surface area contributed by atoms with Crippen molar-refractivity contribution in [3.63, 3.8) is 0 Å². The van der Waals surface area contributed by atoms with Gasteiger partial charge in [0, 0.05) is 56.2 Å². The quantitative estimate of drug-likeness (QED) is 0.736. The Kier molecular flexibility index (Phi) is 5.78. The van der Waals surface area contributed by atoms with E-state index in [1.54, 1.807) is 7.11 Å². The van der Waals surface area contributed by atoms with E-state index < -0.39 is 0 Å². The molecular formula is C26H32N2O3. The van der Waals surface area contributed by atoms with E-state index in [1.165, 1.54) is 11.3 Å². The van der Waals surface area contributed by atoms with Gasteiger partial charge in [-0.3, -0.25) is 9.59 Å². The Morgan fingerprint density at radius 1 is 1.06 bits per heavy atom. The summed E-state index contributed by atoms with van der Waals surface area (Å²) in [4.78, 5) is 29.8. The normalized spacial score (nSPS) is 18.8. The molecule has 5 nitrogen and oxygen atoms in total. The van der Waals surface area contributed by atoms with Gasteiger partial charge in [-0.25, -0.2) is 0 Å². The maximum absolute atomic E-state index is 13.1. The van der Waals surface area contributed by atoms with Crippen LogP contribution in [0.1, 0.15) is 61.0 Å². The molecule has 1 heterocycles. The number of benzene rings is 2. The minimum Gasteiger partial charge on any atom is -0.497 e. The van der Waals surface area contributed by atoms with E-state index in [4.69, 9.17) is 4.74 Å². The van der Waals surface area contributed by atoms with Gasteiger partial charge in [0.2, 0.25) is 5.91 Å². The number of para-hydroxylation sites is 1. The van der Waals surface area contributed by atoms with Crippen molar-refractivity contribution in [3.05, 3.63) is 59.2 Å². The van der Waals surface area contributed by atoms with Gasteiger partial charge in [0.15, 0.2) is 5.78 Å². The minimum atomic E-state index is -0.0512. The molecule has 0 bridgehead atoms. The van der Waals surface area contributed by atoms with E-state index in [9.17, 15) is 9.59 Å². The first-order valence-electron chi connectivity index (χ1n) is 11.1. The van der Waals surface area contributed by atoms with Crippen LogP contribution in [0.5, 0.6) is 5.75 Å². The van der Waals surface area contributed by atoms with Gasteiger partial charge in [-0.05, 0) is 40.8 Å². The molecule has 1 amide bonds. The van der Waals surface area contributed by atoms with Crippen LogP contribution in [0.4, 0.5) is 5.69 Å². The van der Waals surface area contributed by atoms with Crippen molar-refractivity contribution in [1.29, 1.82) is 0 Å². The number of fused-ring (bicyclic) bond motifs is 1. The van der Waals surface area contributed by atoms with Crippen LogP contribution >= 0.6 is 0 Å². The summed E-state index contributed by atoms with van der Waals surface area (Å²) in [6, 6.07) is 14.1. The predicted octanol–water partition coefficient (Wildman–Crippen LogP) is 4.40. The number of carbonyl (C=O) groups is 2. The van der Waals surface area contributed by atoms with Crippen molar-refractivity contribution in [1.82, 2.24) is 4.90 Å². The lowest BCUT2D eigenvalue weighted by molar-refractivity contribution is -0.131. The molecule has 164 valence electrons. The highest BCUT2D eigenvalue weighted by molar-refractivity contribution is 6.02. The summed E-state index contributed by atoms with van der Waals surface area (Å²) in [7, 11) is 1.62. The second-order valence-corrected chi connectivity index (χ2v) is 9.62. The highest BCUT2D eigenvalue weighted by Crippen LogP contribution is 2.38. The van der Waals surface area contributed by atoms with Crippen LogP contribution in [0.25, 0.3) is 0 Å². The Balaban J connectivity index is 1.41. The average molecular weight is 421 g/mol. The van der Waals surface area contributed by atoms with E-state index in [0.717, 1.165) is 30.0 Å². The van der Waals surface area contributed by atoms with Gasteiger partial charge in [0.25, 0.3) is 0 Å². The number of ketones is 1. The molecule has 1 aliphatic carbocycles. The van der Waals surface area contributed by atoms with Gasteiger partial charge in [-0.15, -0.1) is 0 Å². The van der Waals surface area contributed by atoms with E-state index in [0.29, 0.717) is 25.9 Å². The first-order valence-corrected chi connectivity index (χ1v) is 11.1. The van der Waals surface area contributed by atoms with Crippen molar-refractivity contribution in [2.75, 3.05) is 38.2 Å². The fourth-order valence-corrected chi connectivity index (χ4v) is 4.81. The van der Waals surface area contributed by atoms with Crippen molar-refractivity contribution in [2.45, 2.75) is 44.9 Å². The van der Waals surface area contributed by atoms with Crippen LogP contribution < -0.4 is 9.64 Å². The van der Waals surface area contributed by atoms with Crippen LogP contribution in [-0.2, 0) is 10.2 Å². The summed E-state index contributed by atoms with van der Waals surface area (Å²) in [5.41, 5.74) is 4.37. The molecule has 0 saturated carbocycles. The molecule has 1 aliphatic heterocycles. The van der Waals surface area contributed by atoms with Gasteiger partial charge in [-0.1, -0.05) is 39.0 Å². The largest absolute Gasteiger partial charge is 0.497 e. The van der Waals surface area contributed by atoms with E-state index in [1.807, 2.05) is 23.1 Å². The summed E-state index contributed by atoms with van der Waals surface area (Å²) in [5.74, 6) is 0.943. The Hall–Kier alpha value is -2.82. The SMILES string of the molecule is COc1ccc2c(c1)C(CC(=O)N1CCN(c3ccccc3C(C)(C)C)CC1)CC2=O. The summed E-state index contributed by atoms with van der Waals surface area (Å²) < 4.78 is 5.32. The van der Waals surface area contributed by atoms with Crippen molar-refractivity contribution >= 4 is 17.4 Å². The van der Waals surface area contributed by atoms with E-state index >= 15 is 0 Å². The lowest BCUT2D eigenvalue weighted by atomic mass is 9.85. The molecule has 2 aliphatic rings. The summed E-state index contributed by atoms with van der Waals surface area (Å²) in [6.45, 7) is 9.79. The molecule has 31 heavy (non-hydrogen) atoms. The molecule has 4 rings (SSSR count). The zero-order valence-electron chi connectivity index (χ0n) is 19.0. The van der Waals surface area contributed by atoms with Crippen LogP contribution in [-0.4, -0.2) is 49.9 Å². The molecule has 2 aromatic carbocycles. The molecule has 5 heteroatoms. The van der Waals surface area contributed by atoms with Gasteiger partial charge in [-0.2, -0.15) is 0 Å². The highest BCUT2D eigenvalue weighted by atomic mass is 16.5. The molecule has 0 radical (unpaired) electrons. The summed E-state index contributed by atoms with van der Waals surface area (Å²) in [5, 5.41) is 0. The number of hydrogen-bond donors (Lipinski definition) is 0. The van der Waals surface area contributed by atoms with Gasteiger partial charge in [0.1, 0.15) is 5.75 Å². The van der Waals surface area contributed by atoms with Crippen LogP contribution in [0, 0.1) is 0 Å². The van der Waals surface area contributed by atoms with Crippen LogP contribution in [0.3, 0.4) is 0 Å². The zero-order valence-corrected chi connectivity index (χ0v) is 19.0. The Bertz CT molecular complexity index is 984. The van der Waals surface area contributed by atoms with E-state index in [2.05, 4.69) is 49.9 Å². The highest BCUT2D eigenvalue weighted by Gasteiger charge is 2.33. The molecule has 0 aromatic heterocycles. The number of anilines is 1. The lowest BCUT2D eigenvalue weighted by Crippen LogP contribution is -2.49. The number of piperazine rings is 1. The fourth-order valence-electron chi connectivity index (χ4n) is 4.81. The fraction of sp³-hybridized carbons (Fsp3) is 0.462. The number of nitrogens with zero attached hydrogens (tertiary/aromatic N) is 2. The van der Waals surface area contributed by atoms with Crippen molar-refractivity contribution in [2.24, 2.45) is 0 Å². The number of ether oxygens (including phenoxy) is 1. The van der Waals surface area contributed by atoms with Crippen molar-refractivity contribution < 1.29 is 14.3 Å². The topological polar surface area (TPSA) is 49.9 Å². The third-order valence-electron chi connectivity index (χ3n) is 6.54. The molecule has 1 unspecified atom stereocenters. The Morgan fingerprint density at radius 2 is 1.77 bits per heavy atom. The Labute approximate surface area is 185 Å². The summed E-state index contributed by atoms with van der Waals surface area (Å²) >= 11 is 0. The lowest BCUT2D eigenvalue weighted by Gasteiger charge is -2.39. The third-order valence-corrected chi connectivity index (χ3v) is 6.54. The Morgan fingerprint density at radius 3 is 2.45 bits per heavy atom. The van der Waals surface area contributed by atoms with Gasteiger partial charge in [0.05, 0.1) is 7.11 Å². The standard InChI is InChI=1S/C26H32N2O3/c1-26(2,3)22-7-5-6-8-23(22)27-11-13-28(14-12-27)25(30)16-18-15-24(29)20-10-9-19(31-4)17-21(18)20/h5-10,17-18H,11-16H2,1-4H3. The number of methoxy groups -OCH3 is 1. The number of Topliss-reactive ketones (excluding diaryl/α,β-unsaturated/α-hetero) is 1. The molecule has 1 atom stereocenters. The number of carbonyl (C=O) groups excluding carboxylic acids is 2. The smallest absolute Gasteiger partial charge is 0.223 e. The maximum atomic E-state index is 13.1. The maximum Gasteiger partial charge on any atom is 0.223 e. The monoisotopic (exact) mass is 420 g/mol. The van der Waals surface area contributed by atoms with Crippen LogP contribution in [0.2, 0.25) is 0 Å². The molecule has 1 fully saturated rings. The molecule has 1 saturated heterocycles. The molecule has 0 N–H and O–H groups in total. The molecular weight excluding hydrogens is 388 g/mol. The average Bonchev–Trinajstić information content (AvgIpc) is 3.07. The second-order valence-electron chi connectivity index (χ2n) is 9.62. The molecule has 0 spiro atoms. The number of rotatable bonds is 4. The number of amides is 1. The van der Waals surface area contributed by atoms with Crippen LogP contribution in [0.15, 0.2) is 42.5 Å². The summed E-state index contributed by atoms with van der Waals surface area (Å²) in [6.07, 6.45) is 0.789. The first kappa shape index (κ1) is 21.4. The first-order chi connectivity index (χ1) is 14.8. The predicted molar refractivity (Wildman–Crippen MR) is 123 cm³/mol. The molecule has 2 aromatic rings. The third kappa shape index (κ3) is 4.32. The minimum absolute atomic E-state index is 0.0512. The second kappa shape index (κ2) is 8.37. The van der Waals surface area contributed by atoms with Gasteiger partial charge < -0.3 is 14.5 Å². The van der Waals surface area contributed by atoms with Gasteiger partial charge >= 0.3 is 0 Å². The number of hydrogen-bond acceptors (Lipinski definition) is 4. The van der Waals surface area contributed by atoms with Crippen molar-refractivity contribution in [3.8, 4) is 5.75 Å². The zero-order chi connectivity index (χ0) is 22.2.